The van der Waals surface area contributed by atoms with Gasteiger partial charge in [0.05, 0.1) is 6.17 Å². The van der Waals surface area contributed by atoms with E-state index in [9.17, 15) is 0 Å². The lowest BCUT2D eigenvalue weighted by Gasteiger charge is -2.25. The minimum atomic E-state index is 0.446. The zero-order valence-corrected chi connectivity index (χ0v) is 10.1. The molecule has 0 fully saturated rings. The van der Waals surface area contributed by atoms with Gasteiger partial charge in [-0.3, -0.25) is 4.90 Å². The second-order valence-electron chi connectivity index (χ2n) is 3.57. The number of nitrogens with zero attached hydrogens (tertiary/aromatic N) is 1. The van der Waals surface area contributed by atoms with E-state index in [-0.39, 0.29) is 0 Å². The highest BCUT2D eigenvalue weighted by atomic mass is 15.2. The normalized spacial score (nSPS) is 13.5. The Morgan fingerprint density at radius 3 is 2.50 bits per heavy atom. The molecule has 0 heterocycles. The fraction of sp³-hybridized carbons (Fsp3) is 1.00. The van der Waals surface area contributed by atoms with Crippen molar-refractivity contribution >= 4 is 0 Å². The Labute approximate surface area is 88.4 Å². The maximum atomic E-state index is 3.46. The Morgan fingerprint density at radius 2 is 1.93 bits per heavy atom. The lowest BCUT2D eigenvalue weighted by molar-refractivity contribution is 0.222. The van der Waals surface area contributed by atoms with Gasteiger partial charge >= 0.3 is 0 Å². The number of rotatable bonds is 9. The maximum absolute atomic E-state index is 3.46. The molecule has 0 spiro atoms. The molecule has 0 aliphatic heterocycles. The van der Waals surface area contributed by atoms with Gasteiger partial charge in [0.1, 0.15) is 0 Å². The minimum Gasteiger partial charge on any atom is -0.318 e. The van der Waals surface area contributed by atoms with Crippen LogP contribution in [0.5, 0.6) is 0 Å². The second-order valence-corrected chi connectivity index (χ2v) is 3.57. The van der Waals surface area contributed by atoms with Crippen molar-refractivity contribution < 1.29 is 0 Å². The molecule has 0 aromatic carbocycles. The van der Waals surface area contributed by atoms with Crippen molar-refractivity contribution in [1.82, 2.24) is 20.9 Å². The average Bonchev–Trinajstić information content (AvgIpc) is 2.20. The predicted molar refractivity (Wildman–Crippen MR) is 62.6 cm³/mol. The molecular weight excluding hydrogens is 176 g/mol. The summed E-state index contributed by atoms with van der Waals surface area (Å²) in [6.45, 7) is 9.55. The van der Waals surface area contributed by atoms with E-state index in [0.29, 0.717) is 6.17 Å². The van der Waals surface area contributed by atoms with Crippen LogP contribution < -0.4 is 16.0 Å². The molecule has 0 saturated carbocycles. The fourth-order valence-electron chi connectivity index (χ4n) is 1.18. The van der Waals surface area contributed by atoms with Crippen LogP contribution in [0.1, 0.15) is 13.8 Å². The van der Waals surface area contributed by atoms with Gasteiger partial charge in [-0.25, -0.2) is 0 Å². The number of hydrogen-bond acceptors (Lipinski definition) is 4. The van der Waals surface area contributed by atoms with Crippen LogP contribution in [-0.2, 0) is 0 Å². The van der Waals surface area contributed by atoms with Gasteiger partial charge in [0.2, 0.25) is 0 Å². The summed E-state index contributed by atoms with van der Waals surface area (Å²) in [4.78, 5) is 2.31. The highest BCUT2D eigenvalue weighted by Gasteiger charge is 2.05. The van der Waals surface area contributed by atoms with Crippen molar-refractivity contribution in [1.29, 1.82) is 0 Å². The molecular formula is C10H26N4. The van der Waals surface area contributed by atoms with E-state index in [0.717, 1.165) is 32.7 Å². The summed E-state index contributed by atoms with van der Waals surface area (Å²) in [5, 5.41) is 9.90. The van der Waals surface area contributed by atoms with Gasteiger partial charge in [-0.2, -0.15) is 0 Å². The molecule has 1 atom stereocenters. The van der Waals surface area contributed by atoms with E-state index in [1.165, 1.54) is 0 Å². The van der Waals surface area contributed by atoms with E-state index < -0.39 is 0 Å². The quantitative estimate of drug-likeness (QED) is 0.354. The molecule has 0 saturated heterocycles. The molecule has 1 unspecified atom stereocenters. The Kier molecular flexibility index (Phi) is 9.29. The van der Waals surface area contributed by atoms with Crippen molar-refractivity contribution in [3.05, 3.63) is 0 Å². The summed E-state index contributed by atoms with van der Waals surface area (Å²) in [5.74, 6) is 0. The van der Waals surface area contributed by atoms with E-state index >= 15 is 0 Å². The first-order valence-corrected chi connectivity index (χ1v) is 5.51. The lowest BCUT2D eigenvalue weighted by atomic mass is 10.4. The zero-order valence-electron chi connectivity index (χ0n) is 10.1. The van der Waals surface area contributed by atoms with Crippen LogP contribution in [0.2, 0.25) is 0 Å². The first-order valence-electron chi connectivity index (χ1n) is 5.51. The van der Waals surface area contributed by atoms with Gasteiger partial charge < -0.3 is 16.0 Å². The second kappa shape index (κ2) is 9.40. The minimum absolute atomic E-state index is 0.446. The Bertz CT molecular complexity index is 119. The Balaban J connectivity index is 3.36. The largest absolute Gasteiger partial charge is 0.318 e. The topological polar surface area (TPSA) is 39.3 Å². The third kappa shape index (κ3) is 7.26. The molecule has 0 bridgehead atoms. The van der Waals surface area contributed by atoms with Gasteiger partial charge in [0.15, 0.2) is 0 Å². The molecule has 0 aromatic rings. The summed E-state index contributed by atoms with van der Waals surface area (Å²) in [6.07, 6.45) is 0.446. The highest BCUT2D eigenvalue weighted by Crippen LogP contribution is 1.88. The first-order chi connectivity index (χ1) is 6.72. The number of likely N-dealkylation sites (N-methyl/N-ethyl adjacent to an activating group) is 3. The SMILES string of the molecule is CCNCCNC(C)N(C)CCNC. The fourth-order valence-corrected chi connectivity index (χ4v) is 1.18. The lowest BCUT2D eigenvalue weighted by Crippen LogP contribution is -2.45. The van der Waals surface area contributed by atoms with Gasteiger partial charge in [0.25, 0.3) is 0 Å². The summed E-state index contributed by atoms with van der Waals surface area (Å²) in [6, 6.07) is 0. The van der Waals surface area contributed by atoms with Crippen LogP contribution in [0.4, 0.5) is 0 Å². The van der Waals surface area contributed by atoms with Crippen LogP contribution in [-0.4, -0.2) is 57.9 Å². The molecule has 0 aromatic heterocycles. The van der Waals surface area contributed by atoms with Gasteiger partial charge in [-0.15, -0.1) is 0 Å². The van der Waals surface area contributed by atoms with Crippen molar-refractivity contribution in [2.24, 2.45) is 0 Å². The molecule has 14 heavy (non-hydrogen) atoms. The summed E-state index contributed by atoms with van der Waals surface area (Å²) >= 11 is 0. The zero-order chi connectivity index (χ0) is 10.8. The standard InChI is InChI=1S/C10H26N4/c1-5-12-6-7-13-10(2)14(4)9-8-11-3/h10-13H,5-9H2,1-4H3. The van der Waals surface area contributed by atoms with Gasteiger partial charge in [-0.05, 0) is 27.6 Å². The van der Waals surface area contributed by atoms with Gasteiger partial charge in [-0.1, -0.05) is 6.92 Å². The van der Waals surface area contributed by atoms with Crippen LogP contribution >= 0.6 is 0 Å². The first kappa shape index (κ1) is 13.8. The summed E-state index contributed by atoms with van der Waals surface area (Å²) < 4.78 is 0. The van der Waals surface area contributed by atoms with Crippen molar-refractivity contribution in [3.63, 3.8) is 0 Å². The predicted octanol–water partition coefficient (Wildman–Crippen LogP) is -0.317. The van der Waals surface area contributed by atoms with Crippen molar-refractivity contribution in [3.8, 4) is 0 Å². The Hall–Kier alpha value is -0.160. The molecule has 4 nitrogen and oxygen atoms in total. The van der Waals surface area contributed by atoms with E-state index in [1.54, 1.807) is 0 Å². The molecule has 3 N–H and O–H groups in total. The van der Waals surface area contributed by atoms with Crippen LogP contribution in [0, 0.1) is 0 Å². The molecule has 0 aliphatic rings. The smallest absolute Gasteiger partial charge is 0.0566 e. The molecule has 4 heteroatoms. The molecule has 0 rings (SSSR count). The van der Waals surface area contributed by atoms with Crippen molar-refractivity contribution in [2.75, 3.05) is 46.8 Å². The molecule has 0 amide bonds. The Morgan fingerprint density at radius 1 is 1.21 bits per heavy atom. The van der Waals surface area contributed by atoms with Crippen LogP contribution in [0.3, 0.4) is 0 Å². The van der Waals surface area contributed by atoms with Crippen LogP contribution in [0.25, 0.3) is 0 Å². The molecule has 0 radical (unpaired) electrons. The van der Waals surface area contributed by atoms with Crippen molar-refractivity contribution in [2.45, 2.75) is 20.0 Å². The van der Waals surface area contributed by atoms with E-state index in [2.05, 4.69) is 41.7 Å². The summed E-state index contributed by atoms with van der Waals surface area (Å²) in [7, 11) is 4.12. The van der Waals surface area contributed by atoms with E-state index in [1.807, 2.05) is 7.05 Å². The maximum Gasteiger partial charge on any atom is 0.0566 e. The van der Waals surface area contributed by atoms with Gasteiger partial charge in [0, 0.05) is 26.2 Å². The van der Waals surface area contributed by atoms with Crippen LogP contribution in [0.15, 0.2) is 0 Å². The molecule has 86 valence electrons. The monoisotopic (exact) mass is 202 g/mol. The average molecular weight is 202 g/mol. The third-order valence-corrected chi connectivity index (χ3v) is 2.37. The number of hydrogen-bond donors (Lipinski definition) is 3. The summed E-state index contributed by atoms with van der Waals surface area (Å²) in [5.41, 5.74) is 0. The van der Waals surface area contributed by atoms with E-state index in [4.69, 9.17) is 0 Å². The third-order valence-electron chi connectivity index (χ3n) is 2.37. The highest BCUT2D eigenvalue weighted by molar-refractivity contribution is 4.62. The number of nitrogens with one attached hydrogen (secondary N) is 3. The molecule has 0 aliphatic carbocycles.